The average molecular weight is 171 g/mol. The summed E-state index contributed by atoms with van der Waals surface area (Å²) in [4.78, 5) is 2.48. The van der Waals surface area contributed by atoms with Gasteiger partial charge in [-0.25, -0.2) is 4.39 Å². The molecule has 1 aliphatic heterocycles. The van der Waals surface area contributed by atoms with E-state index in [1.165, 1.54) is 25.9 Å². The van der Waals surface area contributed by atoms with Crippen molar-refractivity contribution in [1.82, 2.24) is 4.90 Å². The Hall–Kier alpha value is -0.110. The van der Waals surface area contributed by atoms with E-state index >= 15 is 0 Å². The van der Waals surface area contributed by atoms with Crippen molar-refractivity contribution in [3.63, 3.8) is 0 Å². The molecule has 0 amide bonds. The van der Waals surface area contributed by atoms with Gasteiger partial charge in [-0.1, -0.05) is 6.92 Å². The molecular formula is C10H18FN. The minimum atomic E-state index is -0.491. The average Bonchev–Trinajstić information content (AvgIpc) is 2.01. The number of alkyl halides is 1. The van der Waals surface area contributed by atoms with Crippen LogP contribution >= 0.6 is 0 Å². The van der Waals surface area contributed by atoms with Crippen molar-refractivity contribution >= 4 is 0 Å². The van der Waals surface area contributed by atoms with E-state index in [2.05, 4.69) is 11.8 Å². The van der Waals surface area contributed by atoms with Gasteiger partial charge in [0.15, 0.2) is 0 Å². The van der Waals surface area contributed by atoms with Crippen molar-refractivity contribution in [3.8, 4) is 0 Å². The van der Waals surface area contributed by atoms with E-state index in [0.717, 1.165) is 18.8 Å². The summed E-state index contributed by atoms with van der Waals surface area (Å²) in [7, 11) is 0. The van der Waals surface area contributed by atoms with E-state index < -0.39 is 6.17 Å². The first-order chi connectivity index (χ1) is 5.75. The molecule has 1 heterocycles. The Morgan fingerprint density at radius 1 is 1.17 bits per heavy atom. The molecule has 0 aromatic carbocycles. The molecule has 0 bridgehead atoms. The second-order valence-electron chi connectivity index (χ2n) is 4.44. The number of hydrogen-bond acceptors (Lipinski definition) is 1. The van der Waals surface area contributed by atoms with Crippen molar-refractivity contribution in [2.75, 3.05) is 13.1 Å². The SMILES string of the molecule is CC1CCN(C2CC(F)C2)CC1. The highest BCUT2D eigenvalue weighted by atomic mass is 19.1. The third kappa shape index (κ3) is 1.63. The lowest BCUT2D eigenvalue weighted by atomic mass is 9.87. The van der Waals surface area contributed by atoms with Crippen molar-refractivity contribution in [2.24, 2.45) is 5.92 Å². The highest BCUT2D eigenvalue weighted by Gasteiger charge is 2.34. The van der Waals surface area contributed by atoms with Crippen LogP contribution in [-0.2, 0) is 0 Å². The van der Waals surface area contributed by atoms with Crippen LogP contribution in [0.3, 0.4) is 0 Å². The molecule has 1 aliphatic carbocycles. The molecule has 2 aliphatic rings. The van der Waals surface area contributed by atoms with Gasteiger partial charge in [-0.3, -0.25) is 0 Å². The van der Waals surface area contributed by atoms with E-state index in [-0.39, 0.29) is 0 Å². The standard InChI is InChI=1S/C10H18FN/c1-8-2-4-12(5-3-8)10-6-9(11)7-10/h8-10H,2-7H2,1H3. The van der Waals surface area contributed by atoms with Crippen LogP contribution in [0.1, 0.15) is 32.6 Å². The summed E-state index contributed by atoms with van der Waals surface area (Å²) in [5, 5.41) is 0. The maximum Gasteiger partial charge on any atom is 0.103 e. The molecule has 0 atom stereocenters. The quantitative estimate of drug-likeness (QED) is 0.584. The minimum absolute atomic E-state index is 0.491. The van der Waals surface area contributed by atoms with Crippen molar-refractivity contribution in [2.45, 2.75) is 44.8 Å². The molecule has 0 aromatic rings. The van der Waals surface area contributed by atoms with Crippen molar-refractivity contribution in [3.05, 3.63) is 0 Å². The van der Waals surface area contributed by atoms with Crippen molar-refractivity contribution in [1.29, 1.82) is 0 Å². The predicted octanol–water partition coefficient (Wildman–Crippen LogP) is 2.22. The predicted molar refractivity (Wildman–Crippen MR) is 47.9 cm³/mol. The van der Waals surface area contributed by atoms with Gasteiger partial charge in [-0.2, -0.15) is 0 Å². The Bertz CT molecular complexity index is 146. The monoisotopic (exact) mass is 171 g/mol. The first-order valence-electron chi connectivity index (χ1n) is 5.14. The third-order valence-electron chi connectivity index (χ3n) is 3.39. The number of rotatable bonds is 1. The summed E-state index contributed by atoms with van der Waals surface area (Å²) < 4.78 is 12.6. The second-order valence-corrected chi connectivity index (χ2v) is 4.44. The van der Waals surface area contributed by atoms with Gasteiger partial charge in [0.1, 0.15) is 6.17 Å². The lowest BCUT2D eigenvalue weighted by Gasteiger charge is -2.42. The van der Waals surface area contributed by atoms with Crippen LogP contribution in [0.25, 0.3) is 0 Å². The number of nitrogens with zero attached hydrogens (tertiary/aromatic N) is 1. The van der Waals surface area contributed by atoms with Gasteiger partial charge in [-0.15, -0.1) is 0 Å². The summed E-state index contributed by atoms with van der Waals surface area (Å²) in [6, 6.07) is 0.590. The molecule has 1 saturated heterocycles. The summed E-state index contributed by atoms with van der Waals surface area (Å²) in [5.41, 5.74) is 0. The topological polar surface area (TPSA) is 3.24 Å². The maximum absolute atomic E-state index is 12.6. The number of halogens is 1. The van der Waals surface area contributed by atoms with E-state index in [4.69, 9.17) is 0 Å². The zero-order valence-corrected chi connectivity index (χ0v) is 7.80. The number of hydrogen-bond donors (Lipinski definition) is 0. The fraction of sp³-hybridized carbons (Fsp3) is 1.00. The van der Waals surface area contributed by atoms with E-state index in [1.54, 1.807) is 0 Å². The van der Waals surface area contributed by atoms with Crippen LogP contribution in [0, 0.1) is 5.92 Å². The molecule has 70 valence electrons. The largest absolute Gasteiger partial charge is 0.300 e. The molecular weight excluding hydrogens is 153 g/mol. The first kappa shape index (κ1) is 8.49. The normalized spacial score (nSPS) is 39.5. The minimum Gasteiger partial charge on any atom is -0.300 e. The van der Waals surface area contributed by atoms with Crippen LogP contribution in [0.4, 0.5) is 4.39 Å². The lowest BCUT2D eigenvalue weighted by molar-refractivity contribution is 0.0331. The maximum atomic E-state index is 12.6. The molecule has 0 aromatic heterocycles. The Morgan fingerprint density at radius 3 is 2.25 bits per heavy atom. The Labute approximate surface area is 73.9 Å². The summed E-state index contributed by atoms with van der Waals surface area (Å²) in [6.07, 6.45) is 3.73. The fourth-order valence-electron chi connectivity index (χ4n) is 2.21. The van der Waals surface area contributed by atoms with Crippen LogP contribution in [0.5, 0.6) is 0 Å². The van der Waals surface area contributed by atoms with Gasteiger partial charge < -0.3 is 4.90 Å². The highest BCUT2D eigenvalue weighted by molar-refractivity contribution is 4.88. The molecule has 0 N–H and O–H groups in total. The van der Waals surface area contributed by atoms with Crippen LogP contribution < -0.4 is 0 Å². The third-order valence-corrected chi connectivity index (χ3v) is 3.39. The highest BCUT2D eigenvalue weighted by Crippen LogP contribution is 2.31. The van der Waals surface area contributed by atoms with Crippen LogP contribution in [0.15, 0.2) is 0 Å². The van der Waals surface area contributed by atoms with Crippen molar-refractivity contribution < 1.29 is 4.39 Å². The number of likely N-dealkylation sites (tertiary alicyclic amines) is 1. The van der Waals surface area contributed by atoms with Gasteiger partial charge in [0, 0.05) is 6.04 Å². The van der Waals surface area contributed by atoms with E-state index in [9.17, 15) is 4.39 Å². The molecule has 0 unspecified atom stereocenters. The van der Waals surface area contributed by atoms with Crippen LogP contribution in [0.2, 0.25) is 0 Å². The molecule has 2 heteroatoms. The van der Waals surface area contributed by atoms with Gasteiger partial charge >= 0.3 is 0 Å². The van der Waals surface area contributed by atoms with Gasteiger partial charge in [0.05, 0.1) is 0 Å². The Morgan fingerprint density at radius 2 is 1.75 bits per heavy atom. The Kier molecular flexibility index (Phi) is 2.35. The summed E-state index contributed by atoms with van der Waals surface area (Å²) in [6.45, 7) is 4.73. The first-order valence-corrected chi connectivity index (χ1v) is 5.14. The molecule has 1 nitrogen and oxygen atoms in total. The zero-order chi connectivity index (χ0) is 8.55. The summed E-state index contributed by atoms with van der Waals surface area (Å²) in [5.74, 6) is 0.891. The number of piperidine rings is 1. The van der Waals surface area contributed by atoms with E-state index in [0.29, 0.717) is 6.04 Å². The molecule has 2 fully saturated rings. The zero-order valence-electron chi connectivity index (χ0n) is 7.80. The van der Waals surface area contributed by atoms with Gasteiger partial charge in [0.2, 0.25) is 0 Å². The van der Waals surface area contributed by atoms with Gasteiger partial charge in [0.25, 0.3) is 0 Å². The van der Waals surface area contributed by atoms with Gasteiger partial charge in [-0.05, 0) is 44.7 Å². The second kappa shape index (κ2) is 3.33. The summed E-state index contributed by atoms with van der Waals surface area (Å²) >= 11 is 0. The molecule has 12 heavy (non-hydrogen) atoms. The smallest absolute Gasteiger partial charge is 0.103 e. The fourth-order valence-corrected chi connectivity index (χ4v) is 2.21. The van der Waals surface area contributed by atoms with E-state index in [1.807, 2.05) is 0 Å². The molecule has 0 spiro atoms. The lowest BCUT2D eigenvalue weighted by Crippen LogP contribution is -2.48. The molecule has 1 saturated carbocycles. The van der Waals surface area contributed by atoms with Crippen LogP contribution in [-0.4, -0.2) is 30.2 Å². The Balaban J connectivity index is 1.75. The molecule has 2 rings (SSSR count). The molecule has 0 radical (unpaired) electrons.